The van der Waals surface area contributed by atoms with Crippen LogP contribution in [-0.4, -0.2) is 24.3 Å². The third-order valence-corrected chi connectivity index (χ3v) is 2.30. The van der Waals surface area contributed by atoms with E-state index in [-0.39, 0.29) is 22.6 Å². The van der Waals surface area contributed by atoms with Crippen LogP contribution in [0.4, 0.5) is 5.69 Å². The van der Waals surface area contributed by atoms with Gasteiger partial charge in [-0.2, -0.15) is 0 Å². The lowest BCUT2D eigenvalue weighted by Crippen LogP contribution is -2.08. The molecule has 0 fully saturated rings. The molecule has 0 spiro atoms. The normalized spacial score (nSPS) is 9.76. The minimum atomic E-state index is -0.726. The summed E-state index contributed by atoms with van der Waals surface area (Å²) in [7, 11) is 1.18. The van der Waals surface area contributed by atoms with Crippen molar-refractivity contribution in [3.8, 4) is 0 Å². The lowest BCUT2D eigenvalue weighted by atomic mass is 10.0. The predicted octanol–water partition coefficient (Wildman–Crippen LogP) is 1.78. The molecule has 90 valence electrons. The van der Waals surface area contributed by atoms with E-state index in [4.69, 9.17) is 11.6 Å². The number of hydrogen-bond acceptors (Lipinski definition) is 5. The summed E-state index contributed by atoms with van der Waals surface area (Å²) in [6.45, 7) is 0. The first-order valence-electron chi connectivity index (χ1n) is 4.48. The van der Waals surface area contributed by atoms with E-state index < -0.39 is 16.6 Å². The fourth-order valence-electron chi connectivity index (χ4n) is 1.32. The number of hydrogen-bond donors (Lipinski definition) is 0. The van der Waals surface area contributed by atoms with Gasteiger partial charge in [0.25, 0.3) is 5.69 Å². The highest BCUT2D eigenvalue weighted by Crippen LogP contribution is 2.26. The molecule has 0 heterocycles. The Morgan fingerprint density at radius 2 is 2.24 bits per heavy atom. The van der Waals surface area contributed by atoms with Gasteiger partial charge in [-0.25, -0.2) is 0 Å². The lowest BCUT2D eigenvalue weighted by Gasteiger charge is -2.05. The first-order valence-corrected chi connectivity index (χ1v) is 4.86. The molecule has 0 aliphatic carbocycles. The smallest absolute Gasteiger partial charge is 0.310 e. The van der Waals surface area contributed by atoms with E-state index in [1.54, 1.807) is 0 Å². The second kappa shape index (κ2) is 5.40. The molecule has 1 aromatic carbocycles. The van der Waals surface area contributed by atoms with Crippen LogP contribution in [0.2, 0.25) is 5.02 Å². The molecule has 1 aromatic rings. The quantitative estimate of drug-likeness (QED) is 0.355. The molecule has 1 rings (SSSR count). The number of methoxy groups -OCH3 is 1. The predicted molar refractivity (Wildman–Crippen MR) is 59.2 cm³/mol. The van der Waals surface area contributed by atoms with Crippen molar-refractivity contribution in [1.82, 2.24) is 0 Å². The zero-order chi connectivity index (χ0) is 13.0. The number of nitro benzene ring substituents is 1. The summed E-state index contributed by atoms with van der Waals surface area (Å²) in [5.41, 5.74) is -0.415. The molecule has 17 heavy (non-hydrogen) atoms. The number of rotatable bonds is 4. The number of nitro groups is 1. The summed E-state index contributed by atoms with van der Waals surface area (Å²) in [5, 5.41) is 10.8. The summed E-state index contributed by atoms with van der Waals surface area (Å²) in [5.74, 6) is -0.607. The largest absolute Gasteiger partial charge is 0.469 e. The highest BCUT2D eigenvalue weighted by Gasteiger charge is 2.20. The molecule has 0 N–H and O–H groups in total. The van der Waals surface area contributed by atoms with Crippen LogP contribution in [0.15, 0.2) is 12.1 Å². The van der Waals surface area contributed by atoms with Gasteiger partial charge in [-0.3, -0.25) is 19.7 Å². The second-order valence-corrected chi connectivity index (χ2v) is 3.56. The lowest BCUT2D eigenvalue weighted by molar-refractivity contribution is -0.385. The van der Waals surface area contributed by atoms with E-state index in [1.807, 2.05) is 0 Å². The third-order valence-electron chi connectivity index (χ3n) is 2.09. The van der Waals surface area contributed by atoms with Crippen molar-refractivity contribution in [2.75, 3.05) is 7.11 Å². The number of benzene rings is 1. The Kier molecular flexibility index (Phi) is 4.17. The number of aldehydes is 1. The third kappa shape index (κ3) is 3.01. The first-order chi connectivity index (χ1) is 7.99. The maximum atomic E-state index is 11.1. The van der Waals surface area contributed by atoms with Crippen molar-refractivity contribution in [1.29, 1.82) is 0 Å². The van der Waals surface area contributed by atoms with Crippen molar-refractivity contribution < 1.29 is 19.2 Å². The first kappa shape index (κ1) is 13.1. The van der Waals surface area contributed by atoms with Crippen LogP contribution in [-0.2, 0) is 16.0 Å². The van der Waals surface area contributed by atoms with Gasteiger partial charge >= 0.3 is 5.97 Å². The molecule has 0 unspecified atom stereocenters. The van der Waals surface area contributed by atoms with Gasteiger partial charge in [0.05, 0.1) is 24.0 Å². The monoisotopic (exact) mass is 257 g/mol. The maximum Gasteiger partial charge on any atom is 0.310 e. The Morgan fingerprint density at radius 1 is 1.59 bits per heavy atom. The number of ether oxygens (including phenoxy) is 1. The molecule has 0 atom stereocenters. The molecule has 0 bridgehead atoms. The van der Waals surface area contributed by atoms with Crippen molar-refractivity contribution >= 4 is 29.5 Å². The van der Waals surface area contributed by atoms with E-state index in [0.29, 0.717) is 6.29 Å². The Balaban J connectivity index is 3.32. The summed E-state index contributed by atoms with van der Waals surface area (Å²) in [4.78, 5) is 31.9. The van der Waals surface area contributed by atoms with Gasteiger partial charge in [0.2, 0.25) is 0 Å². The van der Waals surface area contributed by atoms with Crippen LogP contribution >= 0.6 is 11.6 Å². The molecule has 0 aliphatic rings. The maximum absolute atomic E-state index is 11.1. The highest BCUT2D eigenvalue weighted by atomic mass is 35.5. The zero-order valence-corrected chi connectivity index (χ0v) is 9.56. The van der Waals surface area contributed by atoms with Gasteiger partial charge in [0.15, 0.2) is 6.29 Å². The number of esters is 1. The van der Waals surface area contributed by atoms with E-state index in [1.165, 1.54) is 13.2 Å². The van der Waals surface area contributed by atoms with E-state index in [0.717, 1.165) is 6.07 Å². The van der Waals surface area contributed by atoms with Crippen LogP contribution in [0.25, 0.3) is 0 Å². The number of carbonyl (C=O) groups is 2. The molecule has 0 aliphatic heterocycles. The van der Waals surface area contributed by atoms with Crippen LogP contribution in [0.3, 0.4) is 0 Å². The minimum Gasteiger partial charge on any atom is -0.469 e. The number of halogens is 1. The molecule has 7 heteroatoms. The second-order valence-electron chi connectivity index (χ2n) is 3.13. The van der Waals surface area contributed by atoms with E-state index in [2.05, 4.69) is 4.74 Å². The van der Waals surface area contributed by atoms with Crippen LogP contribution in [0.5, 0.6) is 0 Å². The molecule has 0 saturated carbocycles. The van der Waals surface area contributed by atoms with Gasteiger partial charge < -0.3 is 4.74 Å². The Labute approximate surface area is 101 Å². The molecule has 0 aromatic heterocycles. The molecular formula is C10H8ClNO5. The Bertz CT molecular complexity index is 486. The van der Waals surface area contributed by atoms with Crippen LogP contribution in [0, 0.1) is 10.1 Å². The topological polar surface area (TPSA) is 86.5 Å². The Morgan fingerprint density at radius 3 is 2.71 bits per heavy atom. The molecule has 0 radical (unpaired) electrons. The average Bonchev–Trinajstić information content (AvgIpc) is 2.28. The number of carbonyl (C=O) groups excluding carboxylic acids is 2. The fourth-order valence-corrected chi connectivity index (χ4v) is 1.55. The highest BCUT2D eigenvalue weighted by molar-refractivity contribution is 6.31. The van der Waals surface area contributed by atoms with Crippen molar-refractivity contribution in [3.63, 3.8) is 0 Å². The minimum absolute atomic E-state index is 0.0844. The zero-order valence-electron chi connectivity index (χ0n) is 8.81. The summed E-state index contributed by atoms with van der Waals surface area (Å²) < 4.78 is 4.43. The molecule has 6 nitrogen and oxygen atoms in total. The van der Waals surface area contributed by atoms with Crippen molar-refractivity contribution in [2.45, 2.75) is 6.42 Å². The Hall–Kier alpha value is -1.95. The van der Waals surface area contributed by atoms with Crippen molar-refractivity contribution in [3.05, 3.63) is 38.4 Å². The molecule has 0 amide bonds. The fraction of sp³-hybridized carbons (Fsp3) is 0.200. The summed E-state index contributed by atoms with van der Waals surface area (Å²) in [6.07, 6.45) is 0.0821. The van der Waals surface area contributed by atoms with E-state index in [9.17, 15) is 19.7 Å². The van der Waals surface area contributed by atoms with Gasteiger partial charge in [-0.1, -0.05) is 11.6 Å². The standard InChI is InChI=1S/C10H8ClNO5/c1-17-10(14)3-6-2-7(11)4-9(12(15)16)8(6)5-13/h2,4-5H,3H2,1H3. The molecular weight excluding hydrogens is 250 g/mol. The van der Waals surface area contributed by atoms with Crippen LogP contribution in [0.1, 0.15) is 15.9 Å². The average molecular weight is 258 g/mol. The summed E-state index contributed by atoms with van der Waals surface area (Å²) >= 11 is 5.68. The van der Waals surface area contributed by atoms with Crippen molar-refractivity contribution in [2.24, 2.45) is 0 Å². The SMILES string of the molecule is COC(=O)Cc1cc(Cl)cc([N+](=O)[O-])c1C=O. The van der Waals surface area contributed by atoms with Gasteiger partial charge in [0.1, 0.15) is 0 Å². The van der Waals surface area contributed by atoms with Gasteiger partial charge in [-0.15, -0.1) is 0 Å². The van der Waals surface area contributed by atoms with E-state index >= 15 is 0 Å². The number of nitrogens with zero attached hydrogens (tertiary/aromatic N) is 1. The van der Waals surface area contributed by atoms with Crippen LogP contribution < -0.4 is 0 Å². The van der Waals surface area contributed by atoms with Gasteiger partial charge in [0, 0.05) is 11.1 Å². The van der Waals surface area contributed by atoms with Gasteiger partial charge in [-0.05, 0) is 11.6 Å². The summed E-state index contributed by atoms with van der Waals surface area (Å²) in [6, 6.07) is 2.39. The molecule has 0 saturated heterocycles.